The highest BCUT2D eigenvalue weighted by molar-refractivity contribution is 5.23. The van der Waals surface area contributed by atoms with Crippen molar-refractivity contribution in [2.75, 3.05) is 13.1 Å². The molecule has 94 valence electrons. The average molecular weight is 240 g/mol. The van der Waals surface area contributed by atoms with Crippen LogP contribution in [0.1, 0.15) is 24.0 Å². The van der Waals surface area contributed by atoms with Gasteiger partial charge in [-0.2, -0.15) is 0 Å². The summed E-state index contributed by atoms with van der Waals surface area (Å²) in [7, 11) is 0. The predicted octanol–water partition coefficient (Wildman–Crippen LogP) is 3.13. The van der Waals surface area contributed by atoms with Gasteiger partial charge in [0.25, 0.3) is 0 Å². The zero-order valence-electron chi connectivity index (χ0n) is 10.8. The van der Waals surface area contributed by atoms with Crippen molar-refractivity contribution >= 4 is 0 Å². The number of rotatable bonds is 4. The van der Waals surface area contributed by atoms with Crippen LogP contribution in [0.4, 0.5) is 0 Å². The monoisotopic (exact) mass is 240 g/mol. The topological polar surface area (TPSA) is 8.17 Å². The first-order valence-corrected chi connectivity index (χ1v) is 6.81. The molecule has 3 rings (SSSR count). The highest BCUT2D eigenvalue weighted by atomic mass is 15.1. The van der Waals surface area contributed by atoms with Gasteiger partial charge in [0, 0.05) is 25.5 Å². The van der Waals surface area contributed by atoms with E-state index in [4.69, 9.17) is 0 Å². The molecule has 0 radical (unpaired) electrons. The Kier molecular flexibility index (Phi) is 3.47. The standard InChI is InChI=1S/C16H20N2/c1-2-10-17(9-1)13-15-5-7-16(8-6-15)14-18-11-3-4-12-18/h1-2,5-10H,3-4,11-14H2. The lowest BCUT2D eigenvalue weighted by Gasteiger charge is -2.14. The fraction of sp³-hybridized carbons (Fsp3) is 0.375. The predicted molar refractivity (Wildman–Crippen MR) is 74.5 cm³/mol. The molecule has 0 amide bonds. The van der Waals surface area contributed by atoms with Gasteiger partial charge in [-0.05, 0) is 49.2 Å². The van der Waals surface area contributed by atoms with E-state index in [9.17, 15) is 0 Å². The zero-order valence-corrected chi connectivity index (χ0v) is 10.8. The molecule has 1 aromatic carbocycles. The van der Waals surface area contributed by atoms with Gasteiger partial charge in [0.1, 0.15) is 0 Å². The average Bonchev–Trinajstić information content (AvgIpc) is 3.05. The van der Waals surface area contributed by atoms with Crippen LogP contribution in [-0.2, 0) is 13.1 Å². The number of hydrogen-bond donors (Lipinski definition) is 0. The minimum Gasteiger partial charge on any atom is -0.350 e. The normalized spacial score (nSPS) is 16.2. The summed E-state index contributed by atoms with van der Waals surface area (Å²) in [4.78, 5) is 2.54. The molecule has 2 nitrogen and oxygen atoms in total. The Morgan fingerprint density at radius 3 is 1.94 bits per heavy atom. The molecular weight excluding hydrogens is 220 g/mol. The van der Waals surface area contributed by atoms with E-state index in [0.717, 1.165) is 13.1 Å². The summed E-state index contributed by atoms with van der Waals surface area (Å²) in [5, 5.41) is 0. The molecule has 2 aromatic rings. The highest BCUT2D eigenvalue weighted by Crippen LogP contribution is 2.13. The molecule has 0 bridgehead atoms. The molecule has 2 heterocycles. The Bertz CT molecular complexity index is 464. The minimum absolute atomic E-state index is 0.969. The second kappa shape index (κ2) is 5.40. The molecule has 1 saturated heterocycles. The van der Waals surface area contributed by atoms with E-state index >= 15 is 0 Å². The Morgan fingerprint density at radius 2 is 1.33 bits per heavy atom. The van der Waals surface area contributed by atoms with Crippen molar-refractivity contribution in [2.24, 2.45) is 0 Å². The molecular formula is C16H20N2. The van der Waals surface area contributed by atoms with Gasteiger partial charge in [0.2, 0.25) is 0 Å². The second-order valence-electron chi connectivity index (χ2n) is 5.16. The van der Waals surface area contributed by atoms with Crippen LogP contribution in [0.15, 0.2) is 48.8 Å². The number of hydrogen-bond acceptors (Lipinski definition) is 1. The largest absolute Gasteiger partial charge is 0.350 e. The SMILES string of the molecule is c1ccn(Cc2ccc(CN3CCCC3)cc2)c1. The molecule has 0 atom stereocenters. The van der Waals surface area contributed by atoms with Crippen molar-refractivity contribution in [1.29, 1.82) is 0 Å². The van der Waals surface area contributed by atoms with Crippen LogP contribution in [0.3, 0.4) is 0 Å². The van der Waals surface area contributed by atoms with Crippen LogP contribution in [0, 0.1) is 0 Å². The van der Waals surface area contributed by atoms with Crippen molar-refractivity contribution in [3.05, 3.63) is 59.9 Å². The fourth-order valence-electron chi connectivity index (χ4n) is 2.64. The summed E-state index contributed by atoms with van der Waals surface area (Å²) in [5.74, 6) is 0. The van der Waals surface area contributed by atoms with Gasteiger partial charge in [0.15, 0.2) is 0 Å². The van der Waals surface area contributed by atoms with Gasteiger partial charge in [-0.3, -0.25) is 4.90 Å². The lowest BCUT2D eigenvalue weighted by atomic mass is 10.1. The number of nitrogens with zero attached hydrogens (tertiary/aromatic N) is 2. The third-order valence-corrected chi connectivity index (χ3v) is 3.66. The number of likely N-dealkylation sites (tertiary alicyclic amines) is 1. The van der Waals surface area contributed by atoms with E-state index in [1.165, 1.54) is 37.1 Å². The highest BCUT2D eigenvalue weighted by Gasteiger charge is 2.11. The van der Waals surface area contributed by atoms with Gasteiger partial charge in [-0.15, -0.1) is 0 Å². The van der Waals surface area contributed by atoms with Gasteiger partial charge in [-0.25, -0.2) is 0 Å². The number of benzene rings is 1. The van der Waals surface area contributed by atoms with E-state index in [-0.39, 0.29) is 0 Å². The van der Waals surface area contributed by atoms with Crippen molar-refractivity contribution in [1.82, 2.24) is 9.47 Å². The van der Waals surface area contributed by atoms with Gasteiger partial charge >= 0.3 is 0 Å². The molecule has 0 saturated carbocycles. The van der Waals surface area contributed by atoms with E-state index in [2.05, 4.69) is 58.3 Å². The maximum Gasteiger partial charge on any atom is 0.0470 e. The first-order valence-electron chi connectivity index (χ1n) is 6.81. The summed E-state index contributed by atoms with van der Waals surface area (Å²) in [6.45, 7) is 4.62. The molecule has 2 heteroatoms. The second-order valence-corrected chi connectivity index (χ2v) is 5.16. The van der Waals surface area contributed by atoms with E-state index in [0.29, 0.717) is 0 Å². The molecule has 1 aliphatic heterocycles. The summed E-state index contributed by atoms with van der Waals surface area (Å²) >= 11 is 0. The van der Waals surface area contributed by atoms with Crippen LogP contribution in [0.25, 0.3) is 0 Å². The quantitative estimate of drug-likeness (QED) is 0.797. The first-order chi connectivity index (χ1) is 8.90. The lowest BCUT2D eigenvalue weighted by Crippen LogP contribution is -2.18. The van der Waals surface area contributed by atoms with Crippen LogP contribution < -0.4 is 0 Å². The van der Waals surface area contributed by atoms with Gasteiger partial charge in [0.05, 0.1) is 0 Å². The third-order valence-electron chi connectivity index (χ3n) is 3.66. The first kappa shape index (κ1) is 11.5. The number of aromatic nitrogens is 1. The molecule has 1 fully saturated rings. The van der Waals surface area contributed by atoms with Gasteiger partial charge < -0.3 is 4.57 Å². The molecule has 1 aromatic heterocycles. The molecule has 0 spiro atoms. The molecule has 1 aliphatic rings. The third kappa shape index (κ3) is 2.82. The van der Waals surface area contributed by atoms with Crippen LogP contribution in [0.2, 0.25) is 0 Å². The Morgan fingerprint density at radius 1 is 0.778 bits per heavy atom. The maximum absolute atomic E-state index is 2.54. The van der Waals surface area contributed by atoms with Crippen molar-refractivity contribution in [3.8, 4) is 0 Å². The van der Waals surface area contributed by atoms with Crippen LogP contribution in [0.5, 0.6) is 0 Å². The van der Waals surface area contributed by atoms with Crippen LogP contribution in [-0.4, -0.2) is 22.6 Å². The summed E-state index contributed by atoms with van der Waals surface area (Å²) in [6.07, 6.45) is 6.95. The molecule has 0 N–H and O–H groups in total. The van der Waals surface area contributed by atoms with Crippen LogP contribution >= 0.6 is 0 Å². The molecule has 18 heavy (non-hydrogen) atoms. The Hall–Kier alpha value is -1.54. The molecule has 0 aliphatic carbocycles. The Balaban J connectivity index is 1.61. The van der Waals surface area contributed by atoms with E-state index < -0.39 is 0 Å². The summed E-state index contributed by atoms with van der Waals surface area (Å²) in [6, 6.07) is 13.2. The summed E-state index contributed by atoms with van der Waals surface area (Å²) in [5.41, 5.74) is 2.81. The zero-order chi connectivity index (χ0) is 12.2. The van der Waals surface area contributed by atoms with E-state index in [1.54, 1.807) is 0 Å². The summed E-state index contributed by atoms with van der Waals surface area (Å²) < 4.78 is 2.20. The fourth-order valence-corrected chi connectivity index (χ4v) is 2.64. The lowest BCUT2D eigenvalue weighted by molar-refractivity contribution is 0.331. The molecule has 0 unspecified atom stereocenters. The van der Waals surface area contributed by atoms with Crippen molar-refractivity contribution in [2.45, 2.75) is 25.9 Å². The minimum atomic E-state index is 0.969. The Labute approximate surface area is 109 Å². The maximum atomic E-state index is 2.54. The van der Waals surface area contributed by atoms with Crippen molar-refractivity contribution in [3.63, 3.8) is 0 Å². The van der Waals surface area contributed by atoms with E-state index in [1.807, 2.05) is 0 Å². The smallest absolute Gasteiger partial charge is 0.0470 e. The van der Waals surface area contributed by atoms with Crippen molar-refractivity contribution < 1.29 is 0 Å². The van der Waals surface area contributed by atoms with Gasteiger partial charge in [-0.1, -0.05) is 24.3 Å².